The van der Waals surface area contributed by atoms with Gasteiger partial charge in [0.1, 0.15) is 0 Å². The highest BCUT2D eigenvalue weighted by molar-refractivity contribution is 5.49. The summed E-state index contributed by atoms with van der Waals surface area (Å²) < 4.78 is 0. The molecule has 0 N–H and O–H groups in total. The molecule has 90 valence electrons. The van der Waals surface area contributed by atoms with Crippen LogP contribution >= 0.6 is 0 Å². The number of rotatable bonds is 0. The van der Waals surface area contributed by atoms with Crippen LogP contribution in [0.15, 0.2) is 48.5 Å². The van der Waals surface area contributed by atoms with E-state index in [1.807, 2.05) is 0 Å². The van der Waals surface area contributed by atoms with Gasteiger partial charge in [0.15, 0.2) is 0 Å². The standard InChI is InChI=1S/C18H18/c1-12-13-6-2-4-8-15(13)17-10-11-18(17)16-9-5-3-7-14(12)16/h2-9,12,17-18H,10-11H2,1H3/t12?,17-,18?/m1/s1. The number of hydrogen-bond acceptors (Lipinski definition) is 0. The van der Waals surface area contributed by atoms with Crippen LogP contribution in [-0.4, -0.2) is 0 Å². The van der Waals surface area contributed by atoms with Crippen LogP contribution in [0.3, 0.4) is 0 Å². The van der Waals surface area contributed by atoms with Gasteiger partial charge in [0.05, 0.1) is 0 Å². The third-order valence-electron chi connectivity index (χ3n) is 5.00. The number of benzene rings is 2. The van der Waals surface area contributed by atoms with E-state index in [1.54, 1.807) is 22.3 Å². The van der Waals surface area contributed by atoms with Crippen LogP contribution in [0, 0.1) is 0 Å². The van der Waals surface area contributed by atoms with Crippen LogP contribution in [0.5, 0.6) is 0 Å². The molecule has 0 bridgehead atoms. The highest BCUT2D eigenvalue weighted by atomic mass is 14.4. The van der Waals surface area contributed by atoms with Crippen molar-refractivity contribution in [2.24, 2.45) is 0 Å². The Hall–Kier alpha value is -1.56. The molecule has 0 aliphatic heterocycles. The average Bonchev–Trinajstić information content (AvgIpc) is 2.44. The topological polar surface area (TPSA) is 0 Å². The van der Waals surface area contributed by atoms with E-state index in [1.165, 1.54) is 12.8 Å². The van der Waals surface area contributed by atoms with Gasteiger partial charge in [-0.05, 0) is 46.9 Å². The minimum Gasteiger partial charge on any atom is -0.0620 e. The maximum atomic E-state index is 2.36. The molecule has 2 aromatic carbocycles. The molecule has 0 spiro atoms. The van der Waals surface area contributed by atoms with Gasteiger partial charge in [0.25, 0.3) is 0 Å². The lowest BCUT2D eigenvalue weighted by atomic mass is 9.67. The van der Waals surface area contributed by atoms with Crippen molar-refractivity contribution in [1.29, 1.82) is 0 Å². The first-order valence-electron chi connectivity index (χ1n) is 7.04. The molecule has 0 saturated heterocycles. The quantitative estimate of drug-likeness (QED) is 0.613. The summed E-state index contributed by atoms with van der Waals surface area (Å²) in [6, 6.07) is 18.2. The summed E-state index contributed by atoms with van der Waals surface area (Å²) in [5.74, 6) is 2.09. The molecular weight excluding hydrogens is 216 g/mol. The van der Waals surface area contributed by atoms with E-state index in [2.05, 4.69) is 55.5 Å². The highest BCUT2D eigenvalue weighted by Gasteiger charge is 2.39. The maximum absolute atomic E-state index is 2.36. The van der Waals surface area contributed by atoms with Gasteiger partial charge in [-0.15, -0.1) is 0 Å². The van der Waals surface area contributed by atoms with E-state index in [0.717, 1.165) is 11.8 Å². The Morgan fingerprint density at radius 1 is 0.667 bits per heavy atom. The molecule has 1 fully saturated rings. The van der Waals surface area contributed by atoms with Gasteiger partial charge in [-0.25, -0.2) is 0 Å². The van der Waals surface area contributed by atoms with Crippen LogP contribution < -0.4 is 0 Å². The molecule has 3 atom stereocenters. The van der Waals surface area contributed by atoms with E-state index in [0.29, 0.717) is 5.92 Å². The summed E-state index contributed by atoms with van der Waals surface area (Å²) in [6.07, 6.45) is 2.73. The molecule has 1 saturated carbocycles. The van der Waals surface area contributed by atoms with Crippen molar-refractivity contribution in [3.05, 3.63) is 70.8 Å². The fourth-order valence-electron chi connectivity index (χ4n) is 3.90. The Bertz CT molecular complexity index is 543. The van der Waals surface area contributed by atoms with Gasteiger partial charge >= 0.3 is 0 Å². The van der Waals surface area contributed by atoms with E-state index < -0.39 is 0 Å². The molecule has 0 radical (unpaired) electrons. The van der Waals surface area contributed by atoms with Crippen molar-refractivity contribution >= 4 is 0 Å². The third-order valence-corrected chi connectivity index (χ3v) is 5.00. The van der Waals surface area contributed by atoms with E-state index in [-0.39, 0.29) is 0 Å². The van der Waals surface area contributed by atoms with Crippen LogP contribution in [-0.2, 0) is 0 Å². The molecule has 0 heterocycles. The average molecular weight is 234 g/mol. The second-order valence-electron chi connectivity index (χ2n) is 5.77. The van der Waals surface area contributed by atoms with Gasteiger partial charge in [-0.3, -0.25) is 0 Å². The predicted octanol–water partition coefficient (Wildman–Crippen LogP) is 4.81. The minimum absolute atomic E-state index is 0.544. The number of fused-ring (bicyclic) bond motifs is 5. The van der Waals surface area contributed by atoms with Crippen molar-refractivity contribution < 1.29 is 0 Å². The summed E-state index contributed by atoms with van der Waals surface area (Å²) >= 11 is 0. The third kappa shape index (κ3) is 1.26. The van der Waals surface area contributed by atoms with Crippen molar-refractivity contribution in [2.75, 3.05) is 0 Å². The lowest BCUT2D eigenvalue weighted by molar-refractivity contribution is 0.347. The first-order chi connectivity index (χ1) is 8.86. The zero-order valence-corrected chi connectivity index (χ0v) is 10.8. The maximum Gasteiger partial charge on any atom is 0.00666 e. The second-order valence-corrected chi connectivity index (χ2v) is 5.77. The van der Waals surface area contributed by atoms with E-state index in [4.69, 9.17) is 0 Å². The van der Waals surface area contributed by atoms with Gasteiger partial charge in [-0.1, -0.05) is 55.5 Å². The molecule has 0 heteroatoms. The molecular formula is C18H18. The summed E-state index contributed by atoms with van der Waals surface area (Å²) in [5.41, 5.74) is 6.32. The van der Waals surface area contributed by atoms with Crippen molar-refractivity contribution in [3.8, 4) is 0 Å². The highest BCUT2D eigenvalue weighted by Crippen LogP contribution is 2.55. The van der Waals surface area contributed by atoms with Gasteiger partial charge in [-0.2, -0.15) is 0 Å². The monoisotopic (exact) mass is 234 g/mol. The molecule has 2 unspecified atom stereocenters. The fraction of sp³-hybridized carbons (Fsp3) is 0.333. The van der Waals surface area contributed by atoms with Crippen molar-refractivity contribution in [2.45, 2.75) is 37.5 Å². The van der Waals surface area contributed by atoms with Crippen LogP contribution in [0.2, 0.25) is 0 Å². The molecule has 0 nitrogen and oxygen atoms in total. The zero-order valence-electron chi connectivity index (χ0n) is 10.8. The van der Waals surface area contributed by atoms with Crippen molar-refractivity contribution in [1.82, 2.24) is 0 Å². The SMILES string of the molecule is CC1c2ccccc2C2CC[C@@H]2c2ccccc21. The molecule has 2 aliphatic rings. The summed E-state index contributed by atoms with van der Waals surface area (Å²) in [7, 11) is 0. The zero-order chi connectivity index (χ0) is 12.1. The fourth-order valence-corrected chi connectivity index (χ4v) is 3.90. The lowest BCUT2D eigenvalue weighted by Crippen LogP contribution is -2.21. The molecule has 18 heavy (non-hydrogen) atoms. The van der Waals surface area contributed by atoms with E-state index in [9.17, 15) is 0 Å². The first kappa shape index (κ1) is 10.4. The van der Waals surface area contributed by atoms with Gasteiger partial charge in [0, 0.05) is 5.92 Å². The molecule has 2 aliphatic carbocycles. The summed E-state index contributed by atoms with van der Waals surface area (Å²) in [6.45, 7) is 2.36. The summed E-state index contributed by atoms with van der Waals surface area (Å²) in [5, 5.41) is 0. The Kier molecular flexibility index (Phi) is 2.14. The Labute approximate surface area is 109 Å². The van der Waals surface area contributed by atoms with Crippen LogP contribution in [0.1, 0.15) is 59.8 Å². The summed E-state index contributed by atoms with van der Waals surface area (Å²) in [4.78, 5) is 0. The molecule has 0 aromatic heterocycles. The van der Waals surface area contributed by atoms with Crippen LogP contribution in [0.4, 0.5) is 0 Å². The lowest BCUT2D eigenvalue weighted by Gasteiger charge is -2.37. The molecule has 2 aromatic rings. The van der Waals surface area contributed by atoms with Crippen molar-refractivity contribution in [3.63, 3.8) is 0 Å². The second kappa shape index (κ2) is 3.71. The largest absolute Gasteiger partial charge is 0.0620 e. The normalized spacial score (nSPS) is 28.4. The predicted molar refractivity (Wildman–Crippen MR) is 75.1 cm³/mol. The Morgan fingerprint density at radius 3 is 1.44 bits per heavy atom. The van der Waals surface area contributed by atoms with Crippen LogP contribution in [0.25, 0.3) is 0 Å². The smallest absolute Gasteiger partial charge is 0.00666 e. The Balaban J connectivity index is 1.99. The molecule has 0 amide bonds. The van der Waals surface area contributed by atoms with Gasteiger partial charge in [0.2, 0.25) is 0 Å². The Morgan fingerprint density at radius 2 is 1.06 bits per heavy atom. The first-order valence-corrected chi connectivity index (χ1v) is 7.04. The molecule has 4 rings (SSSR count). The van der Waals surface area contributed by atoms with E-state index >= 15 is 0 Å². The number of hydrogen-bond donors (Lipinski definition) is 0. The van der Waals surface area contributed by atoms with Gasteiger partial charge < -0.3 is 0 Å². The minimum atomic E-state index is 0.544.